The van der Waals surface area contributed by atoms with Crippen molar-refractivity contribution in [3.8, 4) is 0 Å². The van der Waals surface area contributed by atoms with Crippen LogP contribution in [-0.2, 0) is 9.53 Å². The van der Waals surface area contributed by atoms with E-state index in [2.05, 4.69) is 12.2 Å². The van der Waals surface area contributed by atoms with Crippen molar-refractivity contribution in [3.05, 3.63) is 0 Å². The zero-order chi connectivity index (χ0) is 10.7. The van der Waals surface area contributed by atoms with E-state index in [1.165, 1.54) is 19.3 Å². The fourth-order valence-electron chi connectivity index (χ4n) is 2.10. The summed E-state index contributed by atoms with van der Waals surface area (Å²) in [5, 5.41) is 3.36. The lowest BCUT2D eigenvalue weighted by molar-refractivity contribution is -0.134. The molecule has 1 amide bonds. The minimum atomic E-state index is 0.214. The number of hydrogen-bond acceptors (Lipinski definition) is 3. The Bertz CT molecular complexity index is 233. The molecule has 0 radical (unpaired) electrons. The molecule has 0 spiro atoms. The highest BCUT2D eigenvalue weighted by molar-refractivity contribution is 5.78. The first kappa shape index (κ1) is 10.9. The lowest BCUT2D eigenvalue weighted by Gasteiger charge is -2.40. The SMILES string of the molecule is CC1(NCC(=O)N2CCOCC2)CCC1. The van der Waals surface area contributed by atoms with Gasteiger partial charge in [0.05, 0.1) is 19.8 Å². The lowest BCUT2D eigenvalue weighted by Crippen LogP contribution is -2.53. The molecule has 2 rings (SSSR count). The second kappa shape index (κ2) is 4.49. The van der Waals surface area contributed by atoms with Gasteiger partial charge in [-0.05, 0) is 26.2 Å². The lowest BCUT2D eigenvalue weighted by atomic mass is 9.78. The molecule has 1 aliphatic heterocycles. The van der Waals surface area contributed by atoms with Gasteiger partial charge in [0.15, 0.2) is 0 Å². The molecule has 1 heterocycles. The van der Waals surface area contributed by atoms with Gasteiger partial charge in [0.1, 0.15) is 0 Å². The molecular weight excluding hydrogens is 192 g/mol. The van der Waals surface area contributed by atoms with Gasteiger partial charge in [-0.15, -0.1) is 0 Å². The standard InChI is InChI=1S/C11H20N2O2/c1-11(3-2-4-11)12-9-10(14)13-5-7-15-8-6-13/h12H,2-9H2,1H3. The molecule has 2 aliphatic rings. The van der Waals surface area contributed by atoms with E-state index in [0.717, 1.165) is 13.1 Å². The third kappa shape index (κ3) is 2.69. The van der Waals surface area contributed by atoms with Crippen LogP contribution < -0.4 is 5.32 Å². The van der Waals surface area contributed by atoms with E-state index >= 15 is 0 Å². The van der Waals surface area contributed by atoms with Crippen molar-refractivity contribution < 1.29 is 9.53 Å². The Kier molecular flexibility index (Phi) is 3.26. The Morgan fingerprint density at radius 3 is 2.60 bits per heavy atom. The van der Waals surface area contributed by atoms with E-state index in [4.69, 9.17) is 4.74 Å². The first-order chi connectivity index (χ1) is 7.20. The van der Waals surface area contributed by atoms with Gasteiger partial charge in [0.25, 0.3) is 0 Å². The van der Waals surface area contributed by atoms with Crippen molar-refractivity contribution in [1.29, 1.82) is 0 Å². The van der Waals surface area contributed by atoms with Gasteiger partial charge in [-0.1, -0.05) is 0 Å². The molecule has 0 unspecified atom stereocenters. The molecule has 1 N–H and O–H groups in total. The molecule has 4 nitrogen and oxygen atoms in total. The van der Waals surface area contributed by atoms with E-state index in [1.54, 1.807) is 0 Å². The number of carbonyl (C=O) groups excluding carboxylic acids is 1. The number of nitrogens with one attached hydrogen (secondary N) is 1. The molecule has 0 aromatic carbocycles. The Hall–Kier alpha value is -0.610. The number of ether oxygens (including phenoxy) is 1. The minimum absolute atomic E-state index is 0.214. The van der Waals surface area contributed by atoms with Crippen molar-refractivity contribution >= 4 is 5.91 Å². The van der Waals surface area contributed by atoms with E-state index in [1.807, 2.05) is 4.90 Å². The summed E-state index contributed by atoms with van der Waals surface area (Å²) in [6.07, 6.45) is 3.68. The van der Waals surface area contributed by atoms with Crippen LogP contribution in [0, 0.1) is 0 Å². The van der Waals surface area contributed by atoms with Gasteiger partial charge >= 0.3 is 0 Å². The maximum atomic E-state index is 11.8. The molecule has 2 fully saturated rings. The first-order valence-electron chi connectivity index (χ1n) is 5.80. The summed E-state index contributed by atoms with van der Waals surface area (Å²) in [6.45, 7) is 5.54. The minimum Gasteiger partial charge on any atom is -0.378 e. The van der Waals surface area contributed by atoms with Gasteiger partial charge in [-0.25, -0.2) is 0 Å². The summed E-state index contributed by atoms with van der Waals surface area (Å²) < 4.78 is 5.21. The van der Waals surface area contributed by atoms with Gasteiger partial charge in [0.2, 0.25) is 5.91 Å². The summed E-state index contributed by atoms with van der Waals surface area (Å²) in [5.74, 6) is 0.214. The van der Waals surface area contributed by atoms with Gasteiger partial charge in [0, 0.05) is 18.6 Å². The van der Waals surface area contributed by atoms with Crippen molar-refractivity contribution in [3.63, 3.8) is 0 Å². The largest absolute Gasteiger partial charge is 0.378 e. The number of carbonyl (C=O) groups is 1. The second-order valence-corrected chi connectivity index (χ2v) is 4.76. The molecular formula is C11H20N2O2. The van der Waals surface area contributed by atoms with Crippen molar-refractivity contribution in [2.45, 2.75) is 31.7 Å². The molecule has 0 bridgehead atoms. The van der Waals surface area contributed by atoms with Gasteiger partial charge < -0.3 is 15.0 Å². The Labute approximate surface area is 91.0 Å². The van der Waals surface area contributed by atoms with Crippen LogP contribution in [0.2, 0.25) is 0 Å². The van der Waals surface area contributed by atoms with Crippen LogP contribution in [0.3, 0.4) is 0 Å². The normalized spacial score (nSPS) is 24.7. The van der Waals surface area contributed by atoms with Crippen LogP contribution in [-0.4, -0.2) is 49.2 Å². The fraction of sp³-hybridized carbons (Fsp3) is 0.909. The van der Waals surface area contributed by atoms with Crippen molar-refractivity contribution in [1.82, 2.24) is 10.2 Å². The second-order valence-electron chi connectivity index (χ2n) is 4.76. The average molecular weight is 212 g/mol. The summed E-state index contributed by atoms with van der Waals surface area (Å²) in [7, 11) is 0. The zero-order valence-corrected chi connectivity index (χ0v) is 9.42. The third-order valence-corrected chi connectivity index (χ3v) is 3.49. The van der Waals surface area contributed by atoms with Crippen LogP contribution in [0.25, 0.3) is 0 Å². The highest BCUT2D eigenvalue weighted by Crippen LogP contribution is 2.30. The number of amides is 1. The van der Waals surface area contributed by atoms with E-state index in [0.29, 0.717) is 19.8 Å². The molecule has 0 aromatic heterocycles. The van der Waals surface area contributed by atoms with Crippen molar-refractivity contribution in [2.75, 3.05) is 32.8 Å². The van der Waals surface area contributed by atoms with Crippen LogP contribution in [0.15, 0.2) is 0 Å². The highest BCUT2D eigenvalue weighted by atomic mass is 16.5. The summed E-state index contributed by atoms with van der Waals surface area (Å²) >= 11 is 0. The smallest absolute Gasteiger partial charge is 0.236 e. The number of nitrogens with zero attached hydrogens (tertiary/aromatic N) is 1. The Balaban J connectivity index is 1.71. The molecule has 1 saturated carbocycles. The maximum absolute atomic E-state index is 11.8. The van der Waals surface area contributed by atoms with Crippen molar-refractivity contribution in [2.24, 2.45) is 0 Å². The molecule has 1 aliphatic carbocycles. The monoisotopic (exact) mass is 212 g/mol. The quantitative estimate of drug-likeness (QED) is 0.735. The topological polar surface area (TPSA) is 41.6 Å². The Morgan fingerprint density at radius 1 is 1.40 bits per heavy atom. The average Bonchev–Trinajstić information content (AvgIpc) is 2.24. The first-order valence-corrected chi connectivity index (χ1v) is 5.80. The molecule has 15 heavy (non-hydrogen) atoms. The Morgan fingerprint density at radius 2 is 2.07 bits per heavy atom. The van der Waals surface area contributed by atoms with E-state index in [9.17, 15) is 4.79 Å². The van der Waals surface area contributed by atoms with Crippen LogP contribution in [0.5, 0.6) is 0 Å². The summed E-state index contributed by atoms with van der Waals surface area (Å²) in [4.78, 5) is 13.7. The van der Waals surface area contributed by atoms with Crippen LogP contribution in [0.1, 0.15) is 26.2 Å². The van der Waals surface area contributed by atoms with E-state index in [-0.39, 0.29) is 11.4 Å². The maximum Gasteiger partial charge on any atom is 0.236 e. The number of hydrogen-bond donors (Lipinski definition) is 1. The van der Waals surface area contributed by atoms with E-state index < -0.39 is 0 Å². The predicted molar refractivity (Wildman–Crippen MR) is 57.7 cm³/mol. The molecule has 0 aromatic rings. The van der Waals surface area contributed by atoms with Gasteiger partial charge in [-0.3, -0.25) is 4.79 Å². The van der Waals surface area contributed by atoms with Crippen LogP contribution >= 0.6 is 0 Å². The molecule has 1 saturated heterocycles. The molecule has 4 heteroatoms. The van der Waals surface area contributed by atoms with Gasteiger partial charge in [-0.2, -0.15) is 0 Å². The fourth-order valence-corrected chi connectivity index (χ4v) is 2.10. The predicted octanol–water partition coefficient (Wildman–Crippen LogP) is 0.377. The summed E-state index contributed by atoms with van der Waals surface area (Å²) in [5.41, 5.74) is 0.224. The molecule has 0 atom stereocenters. The number of morpholine rings is 1. The third-order valence-electron chi connectivity index (χ3n) is 3.49. The zero-order valence-electron chi connectivity index (χ0n) is 9.42. The van der Waals surface area contributed by atoms with Crippen LogP contribution in [0.4, 0.5) is 0 Å². The number of rotatable bonds is 3. The highest BCUT2D eigenvalue weighted by Gasteiger charge is 2.32. The summed E-state index contributed by atoms with van der Waals surface area (Å²) in [6, 6.07) is 0. The molecule has 86 valence electrons.